The summed E-state index contributed by atoms with van der Waals surface area (Å²) in [6, 6.07) is 21.5. The van der Waals surface area contributed by atoms with Crippen LogP contribution in [0, 0.1) is 0 Å². The van der Waals surface area contributed by atoms with Crippen molar-refractivity contribution in [2.45, 2.75) is 4.90 Å². The second-order valence-corrected chi connectivity index (χ2v) is 7.96. The van der Waals surface area contributed by atoms with Gasteiger partial charge in [-0.1, -0.05) is 18.2 Å². The molecule has 0 atom stereocenters. The van der Waals surface area contributed by atoms with Crippen LogP contribution in [0.3, 0.4) is 0 Å². The maximum atomic E-state index is 12.4. The van der Waals surface area contributed by atoms with Crippen LogP contribution < -0.4 is 19.5 Å². The monoisotopic (exact) mass is 426 g/mol. The number of sulfonamides is 1. The number of amides is 1. The van der Waals surface area contributed by atoms with Crippen molar-refractivity contribution in [3.05, 3.63) is 84.4 Å². The number of methoxy groups -OCH3 is 1. The van der Waals surface area contributed by atoms with Crippen LogP contribution in [0.25, 0.3) is 0 Å². The number of rotatable bonds is 9. The molecule has 0 aliphatic rings. The number of para-hydroxylation sites is 1. The first kappa shape index (κ1) is 21.2. The summed E-state index contributed by atoms with van der Waals surface area (Å²) in [5, 5.41) is 2.74. The molecule has 0 aromatic heterocycles. The number of hydrogen-bond acceptors (Lipinski definition) is 5. The van der Waals surface area contributed by atoms with Crippen LogP contribution in [0.5, 0.6) is 11.5 Å². The zero-order valence-corrected chi connectivity index (χ0v) is 17.2. The predicted octanol–water partition coefficient (Wildman–Crippen LogP) is 3.30. The van der Waals surface area contributed by atoms with E-state index in [4.69, 9.17) is 9.47 Å². The average molecular weight is 426 g/mol. The van der Waals surface area contributed by atoms with Gasteiger partial charge in [0.05, 0.1) is 18.6 Å². The minimum atomic E-state index is -3.72. The standard InChI is InChI=1S/C22H22N2O5S/c1-28-19-9-11-20(12-10-19)29-16-15-23-22(25)17-7-13-21(14-8-17)30(26,27)24-18-5-3-2-4-6-18/h2-14,24H,15-16H2,1H3,(H,23,25). The molecule has 156 valence electrons. The molecule has 7 nitrogen and oxygen atoms in total. The highest BCUT2D eigenvalue weighted by atomic mass is 32.2. The molecule has 0 saturated heterocycles. The summed E-state index contributed by atoms with van der Waals surface area (Å²) in [4.78, 5) is 12.3. The Kier molecular flexibility index (Phi) is 6.92. The second-order valence-electron chi connectivity index (χ2n) is 6.28. The molecule has 3 rings (SSSR count). The first-order valence-electron chi connectivity index (χ1n) is 9.21. The molecule has 0 saturated carbocycles. The largest absolute Gasteiger partial charge is 0.497 e. The molecule has 0 radical (unpaired) electrons. The van der Waals surface area contributed by atoms with Crippen LogP contribution in [0.2, 0.25) is 0 Å². The van der Waals surface area contributed by atoms with E-state index in [1.807, 2.05) is 0 Å². The fourth-order valence-electron chi connectivity index (χ4n) is 2.61. The Morgan fingerprint density at radius 3 is 2.13 bits per heavy atom. The van der Waals surface area contributed by atoms with Crippen molar-refractivity contribution in [1.29, 1.82) is 0 Å². The molecule has 0 unspecified atom stereocenters. The Hall–Kier alpha value is -3.52. The van der Waals surface area contributed by atoms with Crippen LogP contribution >= 0.6 is 0 Å². The highest BCUT2D eigenvalue weighted by Gasteiger charge is 2.15. The zero-order chi connectivity index (χ0) is 21.4. The maximum absolute atomic E-state index is 12.4. The van der Waals surface area contributed by atoms with Gasteiger partial charge in [0.15, 0.2) is 0 Å². The summed E-state index contributed by atoms with van der Waals surface area (Å²) in [5.74, 6) is 1.10. The molecular weight excluding hydrogens is 404 g/mol. The minimum absolute atomic E-state index is 0.0748. The quantitative estimate of drug-likeness (QED) is 0.512. The lowest BCUT2D eigenvalue weighted by Crippen LogP contribution is -2.28. The lowest BCUT2D eigenvalue weighted by Gasteiger charge is -2.10. The van der Waals surface area contributed by atoms with E-state index in [1.54, 1.807) is 61.7 Å². The lowest BCUT2D eigenvalue weighted by molar-refractivity contribution is 0.0947. The van der Waals surface area contributed by atoms with Crippen LogP contribution in [-0.2, 0) is 10.0 Å². The van der Waals surface area contributed by atoms with E-state index in [0.29, 0.717) is 30.2 Å². The summed E-state index contributed by atoms with van der Waals surface area (Å²) in [7, 11) is -2.13. The predicted molar refractivity (Wildman–Crippen MR) is 115 cm³/mol. The van der Waals surface area contributed by atoms with Crippen molar-refractivity contribution in [2.75, 3.05) is 25.0 Å². The molecule has 3 aromatic carbocycles. The normalized spacial score (nSPS) is 10.8. The van der Waals surface area contributed by atoms with Crippen LogP contribution in [0.15, 0.2) is 83.8 Å². The van der Waals surface area contributed by atoms with E-state index in [1.165, 1.54) is 24.3 Å². The Morgan fingerprint density at radius 1 is 0.867 bits per heavy atom. The number of nitrogens with one attached hydrogen (secondary N) is 2. The fraction of sp³-hybridized carbons (Fsp3) is 0.136. The average Bonchev–Trinajstić information content (AvgIpc) is 2.77. The number of ether oxygens (including phenoxy) is 2. The number of carbonyl (C=O) groups is 1. The molecule has 0 heterocycles. The van der Waals surface area contributed by atoms with Crippen molar-refractivity contribution in [3.8, 4) is 11.5 Å². The van der Waals surface area contributed by atoms with Crippen LogP contribution in [-0.4, -0.2) is 34.6 Å². The van der Waals surface area contributed by atoms with E-state index in [-0.39, 0.29) is 10.8 Å². The van der Waals surface area contributed by atoms with Crippen molar-refractivity contribution in [2.24, 2.45) is 0 Å². The van der Waals surface area contributed by atoms with Crippen LogP contribution in [0.1, 0.15) is 10.4 Å². The van der Waals surface area contributed by atoms with E-state index in [2.05, 4.69) is 10.0 Å². The van der Waals surface area contributed by atoms with Crippen molar-refractivity contribution in [3.63, 3.8) is 0 Å². The van der Waals surface area contributed by atoms with Gasteiger partial charge in [0.1, 0.15) is 18.1 Å². The highest BCUT2D eigenvalue weighted by molar-refractivity contribution is 7.92. The molecule has 0 fully saturated rings. The SMILES string of the molecule is COc1ccc(OCCNC(=O)c2ccc(S(=O)(=O)Nc3ccccc3)cc2)cc1. The molecule has 30 heavy (non-hydrogen) atoms. The Labute approximate surface area is 175 Å². The first-order valence-corrected chi connectivity index (χ1v) is 10.7. The van der Waals surface area contributed by atoms with Crippen molar-refractivity contribution in [1.82, 2.24) is 5.32 Å². The van der Waals surface area contributed by atoms with Gasteiger partial charge in [0.25, 0.3) is 15.9 Å². The topological polar surface area (TPSA) is 93.7 Å². The lowest BCUT2D eigenvalue weighted by atomic mass is 10.2. The van der Waals surface area contributed by atoms with Crippen molar-refractivity contribution < 1.29 is 22.7 Å². The molecule has 2 N–H and O–H groups in total. The Bertz CT molecular complexity index is 1070. The molecule has 0 spiro atoms. The number of benzene rings is 3. The minimum Gasteiger partial charge on any atom is -0.497 e. The summed E-state index contributed by atoms with van der Waals surface area (Å²) in [5.41, 5.74) is 0.828. The number of anilines is 1. The van der Waals surface area contributed by atoms with Gasteiger partial charge >= 0.3 is 0 Å². The third-order valence-corrected chi connectivity index (χ3v) is 5.57. The molecular formula is C22H22N2O5S. The van der Waals surface area contributed by atoms with E-state index in [0.717, 1.165) is 5.75 Å². The number of hydrogen-bond donors (Lipinski definition) is 2. The van der Waals surface area contributed by atoms with Crippen molar-refractivity contribution >= 4 is 21.6 Å². The van der Waals surface area contributed by atoms with Gasteiger partial charge in [-0.25, -0.2) is 8.42 Å². The van der Waals surface area contributed by atoms with E-state index >= 15 is 0 Å². The van der Waals surface area contributed by atoms with E-state index < -0.39 is 10.0 Å². The molecule has 8 heteroatoms. The summed E-state index contributed by atoms with van der Waals surface area (Å²) >= 11 is 0. The van der Waals surface area contributed by atoms with Gasteiger partial charge < -0.3 is 14.8 Å². The van der Waals surface area contributed by atoms with Gasteiger partial charge in [-0.15, -0.1) is 0 Å². The van der Waals surface area contributed by atoms with Crippen LogP contribution in [0.4, 0.5) is 5.69 Å². The zero-order valence-electron chi connectivity index (χ0n) is 16.4. The summed E-state index contributed by atoms with van der Waals surface area (Å²) in [6.07, 6.45) is 0. The molecule has 3 aromatic rings. The van der Waals surface area contributed by atoms with Gasteiger partial charge in [0.2, 0.25) is 0 Å². The van der Waals surface area contributed by atoms with Gasteiger partial charge in [-0.3, -0.25) is 9.52 Å². The third kappa shape index (κ3) is 5.74. The molecule has 1 amide bonds. The summed E-state index contributed by atoms with van der Waals surface area (Å²) < 4.78 is 38.0. The molecule has 0 aliphatic heterocycles. The van der Waals surface area contributed by atoms with Gasteiger partial charge in [0, 0.05) is 11.3 Å². The first-order chi connectivity index (χ1) is 14.5. The van der Waals surface area contributed by atoms with E-state index in [9.17, 15) is 13.2 Å². The van der Waals surface area contributed by atoms with Gasteiger partial charge in [-0.05, 0) is 60.7 Å². The Balaban J connectivity index is 1.50. The molecule has 0 aliphatic carbocycles. The Morgan fingerprint density at radius 2 is 1.50 bits per heavy atom. The maximum Gasteiger partial charge on any atom is 0.261 e. The smallest absolute Gasteiger partial charge is 0.261 e. The highest BCUT2D eigenvalue weighted by Crippen LogP contribution is 2.17. The second kappa shape index (κ2) is 9.80. The van der Waals surface area contributed by atoms with Gasteiger partial charge in [-0.2, -0.15) is 0 Å². The fourth-order valence-corrected chi connectivity index (χ4v) is 3.67. The number of carbonyl (C=O) groups excluding carboxylic acids is 1. The molecule has 0 bridgehead atoms. The summed E-state index contributed by atoms with van der Waals surface area (Å²) in [6.45, 7) is 0.603. The third-order valence-electron chi connectivity index (χ3n) is 4.17.